The van der Waals surface area contributed by atoms with Gasteiger partial charge >= 0.3 is 12.2 Å². The molecule has 0 bridgehead atoms. The van der Waals surface area contributed by atoms with Gasteiger partial charge in [0.2, 0.25) is 5.91 Å². The number of rotatable bonds is 13. The van der Waals surface area contributed by atoms with Crippen molar-refractivity contribution in [1.29, 1.82) is 0 Å². The Bertz CT molecular complexity index is 821. The Morgan fingerprint density at radius 1 is 1.14 bits per heavy atom. The molecule has 1 heterocycles. The van der Waals surface area contributed by atoms with E-state index in [-0.39, 0.29) is 36.7 Å². The number of hydrogen-bond acceptors (Lipinski definition) is 7. The van der Waals surface area contributed by atoms with Gasteiger partial charge in [-0.1, -0.05) is 25.0 Å². The number of ketones is 1. The molecule has 3 amide bonds. The molecule has 2 aliphatic rings. The molecule has 1 aliphatic heterocycles. The lowest BCUT2D eigenvalue weighted by molar-refractivity contribution is -0.132. The van der Waals surface area contributed by atoms with Crippen LogP contribution in [0.5, 0.6) is 0 Å². The summed E-state index contributed by atoms with van der Waals surface area (Å²) in [6.45, 7) is 14.9. The quantitative estimate of drug-likeness (QED) is 0.286. The van der Waals surface area contributed by atoms with Gasteiger partial charge in [0.15, 0.2) is 5.78 Å². The highest BCUT2D eigenvalue weighted by Crippen LogP contribution is 2.38. The fourth-order valence-corrected chi connectivity index (χ4v) is 4.47. The maximum absolute atomic E-state index is 13.4. The van der Waals surface area contributed by atoms with E-state index in [4.69, 9.17) is 9.47 Å². The predicted octanol–water partition coefficient (Wildman–Crippen LogP) is 4.12. The lowest BCUT2D eigenvalue weighted by atomic mass is 9.92. The summed E-state index contributed by atoms with van der Waals surface area (Å²) in [7, 11) is 0. The number of imide groups is 1. The van der Waals surface area contributed by atoms with Crippen molar-refractivity contribution in [3.05, 3.63) is 25.3 Å². The monoisotopic (exact) mass is 505 g/mol. The smallest absolute Gasteiger partial charge is 0.416 e. The normalized spacial score (nSPS) is 23.8. The third kappa shape index (κ3) is 8.76. The van der Waals surface area contributed by atoms with Crippen LogP contribution >= 0.6 is 0 Å². The van der Waals surface area contributed by atoms with Gasteiger partial charge in [-0.2, -0.15) is 0 Å². The lowest BCUT2D eigenvalue weighted by Gasteiger charge is -2.25. The maximum Gasteiger partial charge on any atom is 0.416 e. The molecule has 36 heavy (non-hydrogen) atoms. The molecule has 2 N–H and O–H groups in total. The minimum atomic E-state index is -0.709. The van der Waals surface area contributed by atoms with Crippen molar-refractivity contribution in [3.63, 3.8) is 0 Å². The fourth-order valence-electron chi connectivity index (χ4n) is 4.47. The average molecular weight is 506 g/mol. The van der Waals surface area contributed by atoms with Crippen molar-refractivity contribution in [2.45, 2.75) is 96.4 Å². The Morgan fingerprint density at radius 3 is 2.44 bits per heavy atom. The van der Waals surface area contributed by atoms with Crippen molar-refractivity contribution in [1.82, 2.24) is 15.5 Å². The highest BCUT2D eigenvalue weighted by molar-refractivity contribution is 5.97. The number of unbranched alkanes of at least 4 members (excludes halogenated alkanes) is 3. The summed E-state index contributed by atoms with van der Waals surface area (Å²) < 4.78 is 10.5. The van der Waals surface area contributed by atoms with Gasteiger partial charge in [0.25, 0.3) is 0 Å². The zero-order valence-electron chi connectivity index (χ0n) is 22.2. The summed E-state index contributed by atoms with van der Waals surface area (Å²) in [5.41, 5.74) is -0.684. The van der Waals surface area contributed by atoms with E-state index in [0.717, 1.165) is 25.7 Å². The van der Waals surface area contributed by atoms with Gasteiger partial charge in [0.1, 0.15) is 5.60 Å². The number of carbonyl (C=O) groups excluding carboxylic acids is 4. The first-order valence-corrected chi connectivity index (χ1v) is 13.0. The molecule has 9 heteroatoms. The van der Waals surface area contributed by atoms with Crippen LogP contribution in [0.1, 0.15) is 72.6 Å². The molecule has 0 aromatic rings. The molecule has 5 atom stereocenters. The molecule has 2 fully saturated rings. The number of amides is 3. The van der Waals surface area contributed by atoms with Crippen LogP contribution in [0.2, 0.25) is 0 Å². The SMILES string of the molecule is C=CCCCCC[C@H](NC(=O)OC(C)(C)C)C(=O)C1CN[C@H](C(=O)N(C(=O)OCC)[C@@H]2C[C@H]2C=C)C1. The first-order chi connectivity index (χ1) is 17.0. The second kappa shape index (κ2) is 13.6. The number of allylic oxidation sites excluding steroid dienone is 1. The van der Waals surface area contributed by atoms with Crippen LogP contribution in [0.15, 0.2) is 25.3 Å². The number of Topliss-reactive ketones (excluding diaryl/α,β-unsaturated/α-hetero) is 1. The molecular formula is C27H43N3O6. The number of ether oxygens (including phenoxy) is 2. The molecule has 1 unspecified atom stereocenters. The Morgan fingerprint density at radius 2 is 1.86 bits per heavy atom. The number of nitrogens with one attached hydrogen (secondary N) is 2. The van der Waals surface area contributed by atoms with Crippen LogP contribution in [-0.2, 0) is 19.1 Å². The van der Waals surface area contributed by atoms with Crippen molar-refractivity contribution >= 4 is 23.9 Å². The molecule has 0 aromatic carbocycles. The fraction of sp³-hybridized carbons (Fsp3) is 0.704. The topological polar surface area (TPSA) is 114 Å². The summed E-state index contributed by atoms with van der Waals surface area (Å²) in [4.78, 5) is 52.8. The molecule has 0 spiro atoms. The van der Waals surface area contributed by atoms with Gasteiger partial charge in [0, 0.05) is 12.5 Å². The molecule has 9 nitrogen and oxygen atoms in total. The van der Waals surface area contributed by atoms with Crippen molar-refractivity contribution < 1.29 is 28.7 Å². The van der Waals surface area contributed by atoms with E-state index in [1.807, 2.05) is 6.08 Å². The average Bonchev–Trinajstić information content (AvgIpc) is 3.39. The van der Waals surface area contributed by atoms with Crippen LogP contribution in [0, 0.1) is 11.8 Å². The molecule has 1 saturated carbocycles. The predicted molar refractivity (Wildman–Crippen MR) is 137 cm³/mol. The lowest BCUT2D eigenvalue weighted by Crippen LogP contribution is -2.48. The molecule has 202 valence electrons. The summed E-state index contributed by atoms with van der Waals surface area (Å²) >= 11 is 0. The van der Waals surface area contributed by atoms with Crippen molar-refractivity contribution in [3.8, 4) is 0 Å². The third-order valence-electron chi connectivity index (χ3n) is 6.41. The summed E-state index contributed by atoms with van der Waals surface area (Å²) in [5.74, 6) is -0.934. The van der Waals surface area contributed by atoms with E-state index in [1.165, 1.54) is 4.90 Å². The van der Waals surface area contributed by atoms with Crippen molar-refractivity contribution in [2.24, 2.45) is 11.8 Å². The van der Waals surface area contributed by atoms with E-state index in [0.29, 0.717) is 19.4 Å². The van der Waals surface area contributed by atoms with Crippen molar-refractivity contribution in [2.75, 3.05) is 13.2 Å². The zero-order valence-corrected chi connectivity index (χ0v) is 22.2. The Balaban J connectivity index is 2.05. The molecule has 1 aliphatic carbocycles. The van der Waals surface area contributed by atoms with Gasteiger partial charge < -0.3 is 20.1 Å². The maximum atomic E-state index is 13.4. The largest absolute Gasteiger partial charge is 0.449 e. The standard InChI is InChI=1S/C27H43N3O6/c1-7-10-11-12-13-14-20(29-25(33)36-27(4,5)6)23(31)19-15-21(28-17-19)24(32)30(26(34)35-9-3)22-16-18(22)8-2/h7-8,18-22,28H,1-2,9-17H2,3-6H3,(H,29,33)/t18-,19?,20+,21+,22-/m1/s1. The Hall–Kier alpha value is -2.68. The number of alkyl carbamates (subject to hydrolysis) is 1. The summed E-state index contributed by atoms with van der Waals surface area (Å²) in [5, 5.41) is 5.86. The second-order valence-electron chi connectivity index (χ2n) is 10.5. The number of hydrogen-bond donors (Lipinski definition) is 2. The number of carbonyl (C=O) groups is 4. The van der Waals surface area contributed by atoms with E-state index in [1.54, 1.807) is 33.8 Å². The molecule has 0 radical (unpaired) electrons. The molecule has 2 rings (SSSR count). The van der Waals surface area contributed by atoms with E-state index in [2.05, 4.69) is 23.8 Å². The highest BCUT2D eigenvalue weighted by atomic mass is 16.6. The molecular weight excluding hydrogens is 462 g/mol. The Labute approximate surface area is 215 Å². The van der Waals surface area contributed by atoms with E-state index in [9.17, 15) is 19.2 Å². The van der Waals surface area contributed by atoms with Crippen LogP contribution in [-0.4, -0.2) is 65.7 Å². The highest BCUT2D eigenvalue weighted by Gasteiger charge is 2.49. The van der Waals surface area contributed by atoms with Gasteiger partial charge in [-0.15, -0.1) is 13.2 Å². The van der Waals surface area contributed by atoms with E-state index < -0.39 is 35.8 Å². The summed E-state index contributed by atoms with van der Waals surface area (Å²) in [6.07, 6.45) is 7.25. The van der Waals surface area contributed by atoms with Gasteiger partial charge in [-0.05, 0) is 65.7 Å². The molecule has 1 saturated heterocycles. The first-order valence-electron chi connectivity index (χ1n) is 13.0. The molecule has 0 aromatic heterocycles. The van der Waals surface area contributed by atoms with Gasteiger partial charge in [0.05, 0.1) is 24.7 Å². The minimum Gasteiger partial charge on any atom is -0.449 e. The van der Waals surface area contributed by atoms with Crippen LogP contribution in [0.3, 0.4) is 0 Å². The third-order valence-corrected chi connectivity index (χ3v) is 6.41. The van der Waals surface area contributed by atoms with Gasteiger partial charge in [-0.3, -0.25) is 9.59 Å². The van der Waals surface area contributed by atoms with E-state index >= 15 is 0 Å². The van der Waals surface area contributed by atoms with Crippen LogP contribution < -0.4 is 10.6 Å². The second-order valence-corrected chi connectivity index (χ2v) is 10.5. The number of nitrogens with zero attached hydrogens (tertiary/aromatic N) is 1. The van der Waals surface area contributed by atoms with Crippen LogP contribution in [0.25, 0.3) is 0 Å². The van der Waals surface area contributed by atoms with Crippen LogP contribution in [0.4, 0.5) is 9.59 Å². The van der Waals surface area contributed by atoms with Gasteiger partial charge in [-0.25, -0.2) is 14.5 Å². The minimum absolute atomic E-state index is 0.0562. The zero-order chi connectivity index (χ0) is 26.9. The Kier molecular flexibility index (Phi) is 11.1. The summed E-state index contributed by atoms with van der Waals surface area (Å²) in [6, 6.07) is -1.65. The first kappa shape index (κ1) is 29.5.